The van der Waals surface area contributed by atoms with Gasteiger partial charge in [0, 0.05) is 22.1 Å². The first-order chi connectivity index (χ1) is 8.99. The molecule has 19 heavy (non-hydrogen) atoms. The van der Waals surface area contributed by atoms with Crippen LogP contribution in [0.25, 0.3) is 0 Å². The van der Waals surface area contributed by atoms with Gasteiger partial charge in [-0.3, -0.25) is 9.69 Å². The molecule has 0 aromatic heterocycles. The lowest BCUT2D eigenvalue weighted by atomic mass is 9.90. The predicted molar refractivity (Wildman–Crippen MR) is 79.4 cm³/mol. The van der Waals surface area contributed by atoms with E-state index in [1.165, 1.54) is 0 Å². The zero-order valence-electron chi connectivity index (χ0n) is 10.8. The zero-order chi connectivity index (χ0) is 14.0. The average molecular weight is 347 g/mol. The largest absolute Gasteiger partial charge is 0.481 e. The van der Waals surface area contributed by atoms with Crippen molar-refractivity contribution >= 4 is 33.5 Å². The summed E-state index contributed by atoms with van der Waals surface area (Å²) in [7, 11) is 0. The van der Waals surface area contributed by atoms with Gasteiger partial charge in [0.15, 0.2) is 0 Å². The Balaban J connectivity index is 2.13. The van der Waals surface area contributed by atoms with Crippen LogP contribution in [0.5, 0.6) is 0 Å². The minimum atomic E-state index is -0.692. The van der Waals surface area contributed by atoms with Crippen molar-refractivity contribution < 1.29 is 9.90 Å². The van der Waals surface area contributed by atoms with Gasteiger partial charge in [-0.2, -0.15) is 0 Å². The van der Waals surface area contributed by atoms with Gasteiger partial charge >= 0.3 is 5.97 Å². The number of hydrogen-bond donors (Lipinski definition) is 1. The van der Waals surface area contributed by atoms with E-state index in [9.17, 15) is 9.90 Å². The van der Waals surface area contributed by atoms with Gasteiger partial charge in [-0.25, -0.2) is 0 Å². The molecule has 0 aliphatic carbocycles. The molecule has 5 heteroatoms. The topological polar surface area (TPSA) is 40.5 Å². The Bertz CT molecular complexity index is 481. The van der Waals surface area contributed by atoms with Crippen LogP contribution in [0.3, 0.4) is 0 Å². The Kier molecular flexibility index (Phi) is 4.87. The van der Waals surface area contributed by atoms with Gasteiger partial charge in [-0.15, -0.1) is 0 Å². The maximum Gasteiger partial charge on any atom is 0.308 e. The molecule has 1 aromatic rings. The lowest BCUT2D eigenvalue weighted by molar-refractivity contribution is -0.145. The van der Waals surface area contributed by atoms with E-state index in [-0.39, 0.29) is 12.0 Å². The number of aliphatic carboxylic acids is 1. The summed E-state index contributed by atoms with van der Waals surface area (Å²) in [4.78, 5) is 13.4. The van der Waals surface area contributed by atoms with E-state index in [0.717, 1.165) is 36.0 Å². The summed E-state index contributed by atoms with van der Waals surface area (Å²) in [5.41, 5.74) is 1.10. The number of carboxylic acids is 1. The van der Waals surface area contributed by atoms with Crippen molar-refractivity contribution in [1.29, 1.82) is 0 Å². The highest BCUT2D eigenvalue weighted by molar-refractivity contribution is 9.10. The lowest BCUT2D eigenvalue weighted by Gasteiger charge is -2.37. The number of benzene rings is 1. The quantitative estimate of drug-likeness (QED) is 0.905. The van der Waals surface area contributed by atoms with E-state index in [0.29, 0.717) is 5.02 Å². The molecule has 0 saturated carbocycles. The molecule has 0 bridgehead atoms. The van der Waals surface area contributed by atoms with Crippen molar-refractivity contribution in [2.24, 2.45) is 5.92 Å². The fourth-order valence-corrected chi connectivity index (χ4v) is 3.22. The van der Waals surface area contributed by atoms with Crippen LogP contribution in [0.4, 0.5) is 0 Å². The molecular formula is C14H17BrClNO2. The molecule has 104 valence electrons. The van der Waals surface area contributed by atoms with Gasteiger partial charge in [0.1, 0.15) is 0 Å². The SMILES string of the molecule is C[C@@H]1[C@H](C(=O)O)CCCN1Cc1cc(Cl)ccc1Br. The monoisotopic (exact) mass is 345 g/mol. The number of nitrogens with zero attached hydrogens (tertiary/aromatic N) is 1. The molecule has 1 saturated heterocycles. The number of halogens is 2. The first-order valence-corrected chi connectivity index (χ1v) is 7.57. The van der Waals surface area contributed by atoms with Gasteiger partial charge in [-0.1, -0.05) is 27.5 Å². The molecule has 3 nitrogen and oxygen atoms in total. The summed E-state index contributed by atoms with van der Waals surface area (Å²) in [6.07, 6.45) is 1.70. The summed E-state index contributed by atoms with van der Waals surface area (Å²) in [6, 6.07) is 5.76. The Labute approximate surface area is 126 Å². The van der Waals surface area contributed by atoms with Gasteiger partial charge in [0.2, 0.25) is 0 Å². The Morgan fingerprint density at radius 2 is 2.32 bits per heavy atom. The maximum atomic E-state index is 11.2. The van der Waals surface area contributed by atoms with Crippen LogP contribution in [0.15, 0.2) is 22.7 Å². The number of rotatable bonds is 3. The molecule has 1 aliphatic rings. The third-order valence-electron chi connectivity index (χ3n) is 3.82. The summed E-state index contributed by atoms with van der Waals surface area (Å²) < 4.78 is 1.02. The molecule has 2 rings (SSSR count). The van der Waals surface area contributed by atoms with E-state index < -0.39 is 5.97 Å². The molecule has 1 aromatic carbocycles. The first-order valence-electron chi connectivity index (χ1n) is 6.40. The van der Waals surface area contributed by atoms with Crippen LogP contribution >= 0.6 is 27.5 Å². The molecule has 0 radical (unpaired) electrons. The van der Waals surface area contributed by atoms with E-state index in [2.05, 4.69) is 20.8 Å². The first kappa shape index (κ1) is 14.8. The van der Waals surface area contributed by atoms with Crippen LogP contribution in [-0.2, 0) is 11.3 Å². The number of carboxylic acid groups (broad SMARTS) is 1. The summed E-state index contributed by atoms with van der Waals surface area (Å²) in [5.74, 6) is -0.964. The average Bonchev–Trinajstić information content (AvgIpc) is 2.36. The minimum Gasteiger partial charge on any atom is -0.481 e. The normalized spacial score (nSPS) is 24.4. The Morgan fingerprint density at radius 1 is 1.58 bits per heavy atom. The zero-order valence-corrected chi connectivity index (χ0v) is 13.1. The summed E-state index contributed by atoms with van der Waals surface area (Å²) in [5, 5.41) is 9.94. The Hall–Kier alpha value is -0.580. The molecule has 1 aliphatic heterocycles. The smallest absolute Gasteiger partial charge is 0.308 e. The molecular weight excluding hydrogens is 330 g/mol. The van der Waals surface area contributed by atoms with Crippen LogP contribution in [0.2, 0.25) is 5.02 Å². The second kappa shape index (κ2) is 6.25. The summed E-state index contributed by atoms with van der Waals surface area (Å²) >= 11 is 9.54. The lowest BCUT2D eigenvalue weighted by Crippen LogP contribution is -2.45. The highest BCUT2D eigenvalue weighted by Gasteiger charge is 2.32. The highest BCUT2D eigenvalue weighted by Crippen LogP contribution is 2.28. The van der Waals surface area contributed by atoms with Gasteiger partial charge in [-0.05, 0) is 50.1 Å². The van der Waals surface area contributed by atoms with Gasteiger partial charge in [0.05, 0.1) is 5.92 Å². The van der Waals surface area contributed by atoms with E-state index in [1.54, 1.807) is 0 Å². The van der Waals surface area contributed by atoms with Crippen molar-refractivity contribution in [2.45, 2.75) is 32.4 Å². The van der Waals surface area contributed by atoms with Crippen molar-refractivity contribution in [2.75, 3.05) is 6.54 Å². The molecule has 1 heterocycles. The number of piperidine rings is 1. The van der Waals surface area contributed by atoms with Crippen LogP contribution in [0, 0.1) is 5.92 Å². The molecule has 2 atom stereocenters. The second-order valence-corrected chi connectivity index (χ2v) is 6.32. The maximum absolute atomic E-state index is 11.2. The van der Waals surface area contributed by atoms with Crippen molar-refractivity contribution in [1.82, 2.24) is 4.90 Å². The van der Waals surface area contributed by atoms with Crippen molar-refractivity contribution in [3.8, 4) is 0 Å². The molecule has 0 spiro atoms. The van der Waals surface area contributed by atoms with Crippen molar-refractivity contribution in [3.05, 3.63) is 33.3 Å². The number of hydrogen-bond acceptors (Lipinski definition) is 2. The molecule has 1 N–H and O–H groups in total. The van der Waals surface area contributed by atoms with Crippen LogP contribution < -0.4 is 0 Å². The highest BCUT2D eigenvalue weighted by atomic mass is 79.9. The van der Waals surface area contributed by atoms with Gasteiger partial charge < -0.3 is 5.11 Å². The number of likely N-dealkylation sites (tertiary alicyclic amines) is 1. The van der Waals surface area contributed by atoms with Crippen LogP contribution in [0.1, 0.15) is 25.3 Å². The van der Waals surface area contributed by atoms with Crippen molar-refractivity contribution in [3.63, 3.8) is 0 Å². The fourth-order valence-electron chi connectivity index (χ4n) is 2.65. The standard InChI is InChI=1S/C14H17BrClNO2/c1-9-12(14(18)19)3-2-6-17(9)8-10-7-11(16)4-5-13(10)15/h4-5,7,9,12H,2-3,6,8H2,1H3,(H,18,19)/t9-,12-/m1/s1. The predicted octanol–water partition coefficient (Wildman–Crippen LogP) is 3.79. The third kappa shape index (κ3) is 3.50. The fraction of sp³-hybridized carbons (Fsp3) is 0.500. The molecule has 0 unspecified atom stereocenters. The van der Waals surface area contributed by atoms with E-state index in [1.807, 2.05) is 25.1 Å². The van der Waals surface area contributed by atoms with Gasteiger partial charge in [0.25, 0.3) is 0 Å². The number of carbonyl (C=O) groups is 1. The summed E-state index contributed by atoms with van der Waals surface area (Å²) in [6.45, 7) is 3.66. The molecule has 0 amide bonds. The Morgan fingerprint density at radius 3 is 3.00 bits per heavy atom. The van der Waals surface area contributed by atoms with Crippen LogP contribution in [-0.4, -0.2) is 28.6 Å². The second-order valence-electron chi connectivity index (χ2n) is 5.03. The van der Waals surface area contributed by atoms with E-state index >= 15 is 0 Å². The molecule has 1 fully saturated rings. The minimum absolute atomic E-state index is 0.0529. The third-order valence-corrected chi connectivity index (χ3v) is 4.83. The van der Waals surface area contributed by atoms with E-state index in [4.69, 9.17) is 11.6 Å².